The first kappa shape index (κ1) is 24.8. The summed E-state index contributed by atoms with van der Waals surface area (Å²) in [5.74, 6) is -0.235. The predicted molar refractivity (Wildman–Crippen MR) is 134 cm³/mol. The minimum absolute atomic E-state index is 0.319. The van der Waals surface area contributed by atoms with Crippen LogP contribution < -0.4 is 4.74 Å². The van der Waals surface area contributed by atoms with E-state index in [2.05, 4.69) is 12.1 Å². The summed E-state index contributed by atoms with van der Waals surface area (Å²) in [4.78, 5) is 11.2. The molecule has 0 bridgehead atoms. The van der Waals surface area contributed by atoms with E-state index in [1.807, 2.05) is 61.5 Å². The van der Waals surface area contributed by atoms with E-state index in [9.17, 15) is 9.90 Å². The zero-order chi connectivity index (χ0) is 23.8. The zero-order valence-corrected chi connectivity index (χ0v) is 20.1. The van der Waals surface area contributed by atoms with Gasteiger partial charge in [-0.05, 0) is 78.1 Å². The third kappa shape index (κ3) is 7.36. The number of carboxylic acids is 1. The smallest absolute Gasteiger partial charge is 0.333 e. The monoisotopic (exact) mass is 484 g/mol. The number of allylic oxidation sites excluding steroid dienone is 1. The molecule has 0 radical (unpaired) electrons. The van der Waals surface area contributed by atoms with Gasteiger partial charge in [0.15, 0.2) is 6.10 Å². The minimum atomic E-state index is -0.956. The van der Waals surface area contributed by atoms with Crippen molar-refractivity contribution in [3.63, 3.8) is 0 Å². The Labute approximate surface area is 204 Å². The van der Waals surface area contributed by atoms with Crippen molar-refractivity contribution >= 4 is 34.7 Å². The van der Waals surface area contributed by atoms with E-state index in [1.54, 1.807) is 13.0 Å². The lowest BCUT2D eigenvalue weighted by Crippen LogP contribution is -2.26. The highest BCUT2D eigenvalue weighted by molar-refractivity contribution is 6.35. The molecular weight excluding hydrogens is 459 g/mol. The molecule has 6 heteroatoms. The van der Waals surface area contributed by atoms with Crippen LogP contribution in [0.4, 0.5) is 0 Å². The van der Waals surface area contributed by atoms with Crippen LogP contribution in [-0.4, -0.2) is 30.4 Å². The van der Waals surface area contributed by atoms with Crippen molar-refractivity contribution in [1.29, 1.82) is 0 Å². The van der Waals surface area contributed by atoms with Gasteiger partial charge < -0.3 is 14.6 Å². The molecule has 1 atom stereocenters. The Morgan fingerprint density at radius 2 is 1.61 bits per heavy atom. The summed E-state index contributed by atoms with van der Waals surface area (Å²) in [6.45, 7) is 4.61. The minimum Gasteiger partial charge on any atom is -0.490 e. The summed E-state index contributed by atoms with van der Waals surface area (Å²) in [6.07, 6.45) is 1.50. The number of hydrogen-bond acceptors (Lipinski definition) is 3. The Hall–Kier alpha value is -2.79. The number of rotatable bonds is 10. The normalized spacial score (nSPS) is 12.4. The van der Waals surface area contributed by atoms with Crippen LogP contribution in [0, 0.1) is 0 Å². The highest BCUT2D eigenvalue weighted by Gasteiger charge is 2.17. The molecule has 3 aromatic rings. The van der Waals surface area contributed by atoms with Crippen LogP contribution in [-0.2, 0) is 16.0 Å². The molecule has 33 heavy (non-hydrogen) atoms. The number of halogens is 2. The predicted octanol–water partition coefficient (Wildman–Crippen LogP) is 7.17. The first-order valence-electron chi connectivity index (χ1n) is 10.7. The van der Waals surface area contributed by atoms with Crippen molar-refractivity contribution in [1.82, 2.24) is 0 Å². The van der Waals surface area contributed by atoms with E-state index in [4.69, 9.17) is 32.7 Å². The average molecular weight is 485 g/mol. The standard InChI is InChI=1S/C27H26Cl2O4/c1-3-32-26(27(30)31)14-19-4-10-25(11-5-19)33-13-12-18(2)20-6-8-21(9-7-20)22-15-23(28)17-24(29)16-22/h4-12,15-17,26H,3,13-14H2,1-2H3,(H,30,31)/b18-12-. The third-order valence-corrected chi connectivity index (χ3v) is 5.60. The average Bonchev–Trinajstić information content (AvgIpc) is 2.79. The molecule has 0 fully saturated rings. The first-order chi connectivity index (χ1) is 15.9. The molecule has 3 aromatic carbocycles. The number of ether oxygens (including phenoxy) is 2. The summed E-state index contributed by atoms with van der Waals surface area (Å²) in [7, 11) is 0. The van der Waals surface area contributed by atoms with Crippen LogP contribution in [0.1, 0.15) is 25.0 Å². The first-order valence-corrected chi connectivity index (χ1v) is 11.4. The Morgan fingerprint density at radius 1 is 0.970 bits per heavy atom. The maximum Gasteiger partial charge on any atom is 0.333 e. The van der Waals surface area contributed by atoms with E-state index in [0.717, 1.165) is 33.6 Å². The Kier molecular flexibility index (Phi) is 8.95. The van der Waals surface area contributed by atoms with Gasteiger partial charge in [-0.3, -0.25) is 0 Å². The lowest BCUT2D eigenvalue weighted by Gasteiger charge is -2.12. The largest absolute Gasteiger partial charge is 0.490 e. The van der Waals surface area contributed by atoms with Gasteiger partial charge >= 0.3 is 5.97 Å². The highest BCUT2D eigenvalue weighted by Crippen LogP contribution is 2.28. The second kappa shape index (κ2) is 11.9. The fraction of sp³-hybridized carbons (Fsp3) is 0.222. The van der Waals surface area contributed by atoms with E-state index in [1.165, 1.54) is 0 Å². The summed E-state index contributed by atoms with van der Waals surface area (Å²) in [6, 6.07) is 21.1. The van der Waals surface area contributed by atoms with Crippen LogP contribution in [0.15, 0.2) is 72.8 Å². The van der Waals surface area contributed by atoms with Gasteiger partial charge in [-0.2, -0.15) is 0 Å². The fourth-order valence-electron chi connectivity index (χ4n) is 3.38. The lowest BCUT2D eigenvalue weighted by molar-refractivity contribution is -0.149. The maximum absolute atomic E-state index is 11.2. The van der Waals surface area contributed by atoms with Gasteiger partial charge in [0.1, 0.15) is 12.4 Å². The fourth-order valence-corrected chi connectivity index (χ4v) is 3.91. The van der Waals surface area contributed by atoms with Gasteiger partial charge in [-0.15, -0.1) is 0 Å². The summed E-state index contributed by atoms with van der Waals surface area (Å²) in [5, 5.41) is 10.4. The van der Waals surface area contributed by atoms with Crippen molar-refractivity contribution in [3.05, 3.63) is 94.0 Å². The number of aliphatic carboxylic acids is 1. The summed E-state index contributed by atoms with van der Waals surface area (Å²) in [5.41, 5.74) is 5.10. The molecule has 0 saturated heterocycles. The van der Waals surface area contributed by atoms with Gasteiger partial charge in [0.05, 0.1) is 0 Å². The molecular formula is C27H26Cl2O4. The molecule has 1 N–H and O–H groups in total. The SMILES string of the molecule is CCOC(Cc1ccc(OC/C=C(/C)c2ccc(-c3cc(Cl)cc(Cl)c3)cc2)cc1)C(=O)O. The van der Waals surface area contributed by atoms with Crippen molar-refractivity contribution in [2.45, 2.75) is 26.4 Å². The molecule has 172 valence electrons. The molecule has 3 rings (SSSR count). The molecule has 0 amide bonds. The van der Waals surface area contributed by atoms with Crippen molar-refractivity contribution in [2.24, 2.45) is 0 Å². The molecule has 0 aliphatic heterocycles. The van der Waals surface area contributed by atoms with Gasteiger partial charge in [0.25, 0.3) is 0 Å². The molecule has 0 heterocycles. The van der Waals surface area contributed by atoms with Crippen LogP contribution in [0.2, 0.25) is 10.0 Å². The molecule has 0 spiro atoms. The lowest BCUT2D eigenvalue weighted by atomic mass is 10.0. The van der Waals surface area contributed by atoms with Crippen LogP contribution in [0.25, 0.3) is 16.7 Å². The van der Waals surface area contributed by atoms with Crippen LogP contribution in [0.5, 0.6) is 5.75 Å². The second-order valence-electron chi connectivity index (χ2n) is 7.56. The summed E-state index contributed by atoms with van der Waals surface area (Å²) >= 11 is 12.2. The molecule has 1 unspecified atom stereocenters. The molecule has 0 aliphatic carbocycles. The van der Waals surface area contributed by atoms with E-state index >= 15 is 0 Å². The van der Waals surface area contributed by atoms with E-state index in [0.29, 0.717) is 29.7 Å². The van der Waals surface area contributed by atoms with Gasteiger partial charge in [0, 0.05) is 23.1 Å². The number of benzene rings is 3. The Bertz CT molecular complexity index is 1090. The maximum atomic E-state index is 11.2. The Balaban J connectivity index is 1.57. The van der Waals surface area contributed by atoms with Gasteiger partial charge in [-0.1, -0.05) is 59.6 Å². The van der Waals surface area contributed by atoms with Gasteiger partial charge in [0.2, 0.25) is 0 Å². The second-order valence-corrected chi connectivity index (χ2v) is 8.44. The summed E-state index contributed by atoms with van der Waals surface area (Å²) < 4.78 is 11.1. The van der Waals surface area contributed by atoms with Crippen molar-refractivity contribution < 1.29 is 19.4 Å². The van der Waals surface area contributed by atoms with Gasteiger partial charge in [-0.25, -0.2) is 4.79 Å². The molecule has 4 nitrogen and oxygen atoms in total. The molecule has 0 aromatic heterocycles. The highest BCUT2D eigenvalue weighted by atomic mass is 35.5. The quantitative estimate of drug-likeness (QED) is 0.331. The topological polar surface area (TPSA) is 55.8 Å². The molecule has 0 aliphatic rings. The zero-order valence-electron chi connectivity index (χ0n) is 18.6. The number of carboxylic acid groups (broad SMARTS) is 1. The number of hydrogen-bond donors (Lipinski definition) is 1. The van der Waals surface area contributed by atoms with Crippen LogP contribution in [0.3, 0.4) is 0 Å². The number of carbonyl (C=O) groups is 1. The van der Waals surface area contributed by atoms with E-state index in [-0.39, 0.29) is 0 Å². The molecule has 0 saturated carbocycles. The van der Waals surface area contributed by atoms with E-state index < -0.39 is 12.1 Å². The van der Waals surface area contributed by atoms with Crippen molar-refractivity contribution in [2.75, 3.05) is 13.2 Å². The van der Waals surface area contributed by atoms with Crippen LogP contribution >= 0.6 is 23.2 Å². The van der Waals surface area contributed by atoms with Crippen molar-refractivity contribution in [3.8, 4) is 16.9 Å². The Morgan fingerprint density at radius 3 is 2.18 bits per heavy atom. The third-order valence-electron chi connectivity index (χ3n) is 5.16.